The number of carbonyl (C=O) groups excluding carboxylic acids is 1. The van der Waals surface area contributed by atoms with Gasteiger partial charge in [0.1, 0.15) is 0 Å². The molecule has 2 aliphatic rings. The van der Waals surface area contributed by atoms with Crippen molar-refractivity contribution >= 4 is 5.91 Å². The standard InChI is InChI=1S/C14H27N3O/c1-14(7-5-9-16-14)13(18)15-8-6-12-17-10-3-2-4-11-17/h16H,2-12H2,1H3,(H,15,18). The molecule has 4 heteroatoms. The highest BCUT2D eigenvalue weighted by Crippen LogP contribution is 2.18. The zero-order valence-corrected chi connectivity index (χ0v) is 11.6. The Morgan fingerprint density at radius 2 is 2.06 bits per heavy atom. The van der Waals surface area contributed by atoms with Gasteiger partial charge in [-0.05, 0) is 65.2 Å². The lowest BCUT2D eigenvalue weighted by atomic mass is 9.99. The first-order valence-corrected chi connectivity index (χ1v) is 7.46. The number of likely N-dealkylation sites (tertiary alicyclic amines) is 1. The van der Waals surface area contributed by atoms with Crippen LogP contribution in [0, 0.1) is 0 Å². The van der Waals surface area contributed by atoms with E-state index in [1.54, 1.807) is 0 Å². The van der Waals surface area contributed by atoms with Crippen molar-refractivity contribution in [1.29, 1.82) is 0 Å². The van der Waals surface area contributed by atoms with Crippen molar-refractivity contribution in [3.8, 4) is 0 Å². The summed E-state index contributed by atoms with van der Waals surface area (Å²) in [5.74, 6) is 0.179. The average molecular weight is 253 g/mol. The molecule has 0 aliphatic carbocycles. The van der Waals surface area contributed by atoms with Crippen LogP contribution in [0.4, 0.5) is 0 Å². The molecule has 0 aromatic heterocycles. The third-order valence-electron chi connectivity index (χ3n) is 4.26. The summed E-state index contributed by atoms with van der Waals surface area (Å²) in [6.07, 6.45) is 7.21. The molecule has 2 aliphatic heterocycles. The number of carbonyl (C=O) groups is 1. The van der Waals surface area contributed by atoms with Gasteiger partial charge in [0.2, 0.25) is 5.91 Å². The third kappa shape index (κ3) is 3.69. The van der Waals surface area contributed by atoms with Gasteiger partial charge in [0.15, 0.2) is 0 Å². The SMILES string of the molecule is CC1(C(=O)NCCCN2CCCCC2)CCCN1. The fraction of sp³-hybridized carbons (Fsp3) is 0.929. The Labute approximate surface area is 110 Å². The molecule has 0 radical (unpaired) electrons. The highest BCUT2D eigenvalue weighted by molar-refractivity contribution is 5.86. The van der Waals surface area contributed by atoms with Gasteiger partial charge in [-0.2, -0.15) is 0 Å². The molecule has 1 atom stereocenters. The Morgan fingerprint density at radius 1 is 1.28 bits per heavy atom. The Kier molecular flexibility index (Phi) is 5.01. The fourth-order valence-electron chi connectivity index (χ4n) is 2.97. The van der Waals surface area contributed by atoms with Crippen LogP contribution in [-0.2, 0) is 4.79 Å². The molecule has 0 bridgehead atoms. The van der Waals surface area contributed by atoms with Crippen molar-refractivity contribution in [2.24, 2.45) is 0 Å². The van der Waals surface area contributed by atoms with Gasteiger partial charge < -0.3 is 15.5 Å². The molecule has 1 amide bonds. The Bertz CT molecular complexity index is 268. The molecule has 0 spiro atoms. The summed E-state index contributed by atoms with van der Waals surface area (Å²) >= 11 is 0. The fourth-order valence-corrected chi connectivity index (χ4v) is 2.97. The maximum atomic E-state index is 12.0. The van der Waals surface area contributed by atoms with E-state index < -0.39 is 0 Å². The summed E-state index contributed by atoms with van der Waals surface area (Å²) in [7, 11) is 0. The topological polar surface area (TPSA) is 44.4 Å². The third-order valence-corrected chi connectivity index (χ3v) is 4.26. The zero-order valence-electron chi connectivity index (χ0n) is 11.6. The minimum Gasteiger partial charge on any atom is -0.354 e. The maximum Gasteiger partial charge on any atom is 0.240 e. The predicted molar refractivity (Wildman–Crippen MR) is 73.6 cm³/mol. The Hall–Kier alpha value is -0.610. The number of hydrogen-bond acceptors (Lipinski definition) is 3. The highest BCUT2D eigenvalue weighted by atomic mass is 16.2. The molecule has 2 N–H and O–H groups in total. The van der Waals surface area contributed by atoms with Crippen LogP contribution in [0.2, 0.25) is 0 Å². The second kappa shape index (κ2) is 6.53. The Morgan fingerprint density at radius 3 is 2.72 bits per heavy atom. The molecule has 2 saturated heterocycles. The van der Waals surface area contributed by atoms with Crippen LogP contribution in [0.25, 0.3) is 0 Å². The van der Waals surface area contributed by atoms with E-state index in [0.717, 1.165) is 38.9 Å². The number of nitrogens with one attached hydrogen (secondary N) is 2. The van der Waals surface area contributed by atoms with E-state index in [1.807, 2.05) is 6.92 Å². The molecule has 104 valence electrons. The normalized spacial score (nSPS) is 29.4. The molecule has 2 fully saturated rings. The largest absolute Gasteiger partial charge is 0.354 e. The van der Waals surface area contributed by atoms with Crippen LogP contribution in [0.3, 0.4) is 0 Å². The molecular formula is C14H27N3O. The van der Waals surface area contributed by atoms with Crippen LogP contribution in [0.15, 0.2) is 0 Å². The monoisotopic (exact) mass is 253 g/mol. The zero-order chi connectivity index (χ0) is 12.8. The summed E-state index contributed by atoms with van der Waals surface area (Å²) in [5.41, 5.74) is -0.314. The van der Waals surface area contributed by atoms with Crippen LogP contribution < -0.4 is 10.6 Å². The van der Waals surface area contributed by atoms with E-state index in [9.17, 15) is 4.79 Å². The minimum absolute atomic E-state index is 0.179. The second-order valence-electron chi connectivity index (χ2n) is 5.87. The second-order valence-corrected chi connectivity index (χ2v) is 5.87. The number of rotatable bonds is 5. The molecule has 18 heavy (non-hydrogen) atoms. The molecule has 1 unspecified atom stereocenters. The summed E-state index contributed by atoms with van der Waals surface area (Å²) < 4.78 is 0. The smallest absolute Gasteiger partial charge is 0.240 e. The molecule has 0 aromatic rings. The number of hydrogen-bond donors (Lipinski definition) is 2. The summed E-state index contributed by atoms with van der Waals surface area (Å²) in [6, 6.07) is 0. The van der Waals surface area contributed by atoms with E-state index in [-0.39, 0.29) is 11.4 Å². The lowest BCUT2D eigenvalue weighted by Gasteiger charge is -2.27. The van der Waals surface area contributed by atoms with Crippen LogP contribution in [0.1, 0.15) is 45.4 Å². The van der Waals surface area contributed by atoms with Gasteiger partial charge >= 0.3 is 0 Å². The lowest BCUT2D eigenvalue weighted by Crippen LogP contribution is -2.51. The molecule has 0 saturated carbocycles. The first-order chi connectivity index (χ1) is 8.71. The van der Waals surface area contributed by atoms with Crippen molar-refractivity contribution in [3.05, 3.63) is 0 Å². The molecule has 0 aromatic carbocycles. The van der Waals surface area contributed by atoms with E-state index >= 15 is 0 Å². The first-order valence-electron chi connectivity index (χ1n) is 7.46. The predicted octanol–water partition coefficient (Wildman–Crippen LogP) is 1.12. The Balaban J connectivity index is 1.58. The molecule has 2 rings (SSSR count). The average Bonchev–Trinajstić information content (AvgIpc) is 2.84. The van der Waals surface area contributed by atoms with Gasteiger partial charge in [-0.1, -0.05) is 6.42 Å². The van der Waals surface area contributed by atoms with Crippen molar-refractivity contribution in [2.75, 3.05) is 32.7 Å². The van der Waals surface area contributed by atoms with E-state index in [0.29, 0.717) is 0 Å². The van der Waals surface area contributed by atoms with Gasteiger partial charge in [0, 0.05) is 6.54 Å². The highest BCUT2D eigenvalue weighted by Gasteiger charge is 2.35. The lowest BCUT2D eigenvalue weighted by molar-refractivity contribution is -0.126. The number of amides is 1. The van der Waals surface area contributed by atoms with Gasteiger partial charge in [0.05, 0.1) is 5.54 Å². The summed E-state index contributed by atoms with van der Waals surface area (Å²) in [5, 5.41) is 6.38. The maximum absolute atomic E-state index is 12.0. The van der Waals surface area contributed by atoms with Crippen molar-refractivity contribution in [2.45, 2.75) is 51.0 Å². The minimum atomic E-state index is -0.314. The van der Waals surface area contributed by atoms with E-state index in [2.05, 4.69) is 15.5 Å². The van der Waals surface area contributed by atoms with E-state index in [1.165, 1.54) is 32.4 Å². The molecule has 2 heterocycles. The van der Waals surface area contributed by atoms with Crippen LogP contribution in [-0.4, -0.2) is 49.1 Å². The summed E-state index contributed by atoms with van der Waals surface area (Å²) in [6.45, 7) is 7.41. The molecular weight excluding hydrogens is 226 g/mol. The van der Waals surface area contributed by atoms with Gasteiger partial charge in [-0.25, -0.2) is 0 Å². The van der Waals surface area contributed by atoms with Crippen LogP contribution in [0.5, 0.6) is 0 Å². The number of piperidine rings is 1. The van der Waals surface area contributed by atoms with Crippen molar-refractivity contribution in [3.63, 3.8) is 0 Å². The van der Waals surface area contributed by atoms with Crippen LogP contribution >= 0.6 is 0 Å². The number of nitrogens with zero attached hydrogens (tertiary/aromatic N) is 1. The molecule has 4 nitrogen and oxygen atoms in total. The van der Waals surface area contributed by atoms with Crippen molar-refractivity contribution in [1.82, 2.24) is 15.5 Å². The van der Waals surface area contributed by atoms with Gasteiger partial charge in [0.25, 0.3) is 0 Å². The van der Waals surface area contributed by atoms with Gasteiger partial charge in [-0.15, -0.1) is 0 Å². The van der Waals surface area contributed by atoms with Crippen molar-refractivity contribution < 1.29 is 4.79 Å². The quantitative estimate of drug-likeness (QED) is 0.722. The summed E-state index contributed by atoms with van der Waals surface area (Å²) in [4.78, 5) is 14.6. The first kappa shape index (κ1) is 13.8. The van der Waals surface area contributed by atoms with E-state index in [4.69, 9.17) is 0 Å². The van der Waals surface area contributed by atoms with Gasteiger partial charge in [-0.3, -0.25) is 4.79 Å².